The third kappa shape index (κ3) is 8.21. The molecule has 0 amide bonds. The maximum absolute atomic E-state index is 10.4. The first kappa shape index (κ1) is 18.7. The van der Waals surface area contributed by atoms with E-state index in [1.807, 2.05) is 0 Å². The van der Waals surface area contributed by atoms with Gasteiger partial charge >= 0.3 is 5.97 Å². The van der Waals surface area contributed by atoms with Crippen molar-refractivity contribution < 1.29 is 9.90 Å². The summed E-state index contributed by atoms with van der Waals surface area (Å²) >= 11 is 0. The predicted octanol–water partition coefficient (Wildman–Crippen LogP) is 5.62. The van der Waals surface area contributed by atoms with Crippen molar-refractivity contribution in [2.75, 3.05) is 0 Å². The molecule has 22 heavy (non-hydrogen) atoms. The van der Waals surface area contributed by atoms with Gasteiger partial charge in [-0.1, -0.05) is 64.3 Å². The molecule has 0 spiro atoms. The number of unbranched alkanes of at least 4 members (excludes halogenated alkanes) is 4. The lowest BCUT2D eigenvalue weighted by Crippen LogP contribution is -1.98. The average molecular weight is 303 g/mol. The first-order valence-electron chi connectivity index (χ1n) is 8.63. The Morgan fingerprint density at radius 1 is 1.05 bits per heavy atom. The van der Waals surface area contributed by atoms with Crippen molar-refractivity contribution in [1.82, 2.24) is 0 Å². The molecule has 1 rings (SSSR count). The van der Waals surface area contributed by atoms with E-state index < -0.39 is 5.97 Å². The molecule has 2 heteroatoms. The fourth-order valence-corrected chi connectivity index (χ4v) is 2.71. The topological polar surface area (TPSA) is 37.3 Å². The smallest absolute Gasteiger partial charge is 0.303 e. The Bertz CT molecular complexity index is 420. The number of carboxylic acid groups (broad SMARTS) is 1. The summed E-state index contributed by atoms with van der Waals surface area (Å²) in [6.45, 7) is 6.75. The lowest BCUT2D eigenvalue weighted by atomic mass is 9.93. The number of hydrogen-bond acceptors (Lipinski definition) is 1. The molecule has 2 nitrogen and oxygen atoms in total. The van der Waals surface area contributed by atoms with Crippen LogP contribution in [-0.4, -0.2) is 11.1 Å². The molecule has 0 heterocycles. The summed E-state index contributed by atoms with van der Waals surface area (Å²) in [5.41, 5.74) is 2.81. The summed E-state index contributed by atoms with van der Waals surface area (Å²) in [5, 5.41) is 8.58. The van der Waals surface area contributed by atoms with Crippen LogP contribution in [0.1, 0.15) is 76.3 Å². The maximum Gasteiger partial charge on any atom is 0.303 e. The second kappa shape index (κ2) is 10.4. The molecule has 1 N–H and O–H groups in total. The lowest BCUT2D eigenvalue weighted by Gasteiger charge is -2.13. The molecule has 1 unspecified atom stereocenters. The van der Waals surface area contributed by atoms with Crippen molar-refractivity contribution in [3.63, 3.8) is 0 Å². The van der Waals surface area contributed by atoms with Crippen molar-refractivity contribution in [3.05, 3.63) is 41.8 Å². The molecule has 0 fully saturated rings. The monoisotopic (exact) mass is 303 g/mol. The van der Waals surface area contributed by atoms with Crippen molar-refractivity contribution in [3.8, 4) is 0 Å². The van der Waals surface area contributed by atoms with E-state index in [4.69, 9.17) is 5.11 Å². The second-order valence-corrected chi connectivity index (χ2v) is 6.71. The van der Waals surface area contributed by atoms with Gasteiger partial charge in [-0.05, 0) is 48.6 Å². The van der Waals surface area contributed by atoms with Crippen molar-refractivity contribution >= 4 is 5.97 Å². The highest BCUT2D eigenvalue weighted by Crippen LogP contribution is 2.22. The van der Waals surface area contributed by atoms with E-state index in [-0.39, 0.29) is 0 Å². The summed E-state index contributed by atoms with van der Waals surface area (Å²) in [5.74, 6) is 0.518. The maximum atomic E-state index is 10.4. The van der Waals surface area contributed by atoms with E-state index in [2.05, 4.69) is 51.5 Å². The Labute approximate surface area is 135 Å². The molecule has 0 aliphatic rings. The van der Waals surface area contributed by atoms with Crippen LogP contribution in [0.4, 0.5) is 0 Å². The number of benzene rings is 1. The van der Waals surface area contributed by atoms with Crippen LogP contribution in [0, 0.1) is 12.3 Å². The highest BCUT2D eigenvalue weighted by molar-refractivity contribution is 5.66. The molecule has 0 aliphatic carbocycles. The van der Waals surface area contributed by atoms with Crippen LogP contribution in [0.25, 0.3) is 0 Å². The van der Waals surface area contributed by atoms with E-state index >= 15 is 0 Å². The van der Waals surface area contributed by atoms with Gasteiger partial charge in [-0.15, -0.1) is 0 Å². The molecule has 1 atom stereocenters. The normalized spacial score (nSPS) is 12.5. The number of carboxylic acids is 1. The quantitative estimate of drug-likeness (QED) is 0.539. The molecule has 1 radical (unpaired) electrons. The molecular weight excluding hydrogens is 272 g/mol. The molecule has 0 bridgehead atoms. The minimum absolute atomic E-state index is 0.308. The highest BCUT2D eigenvalue weighted by atomic mass is 16.4. The zero-order valence-electron chi connectivity index (χ0n) is 14.3. The summed E-state index contributed by atoms with van der Waals surface area (Å²) in [7, 11) is 0. The van der Waals surface area contributed by atoms with E-state index in [0.717, 1.165) is 38.5 Å². The lowest BCUT2D eigenvalue weighted by molar-refractivity contribution is -0.137. The first-order valence-corrected chi connectivity index (χ1v) is 8.63. The van der Waals surface area contributed by atoms with Gasteiger partial charge in [0.1, 0.15) is 0 Å². The second-order valence-electron chi connectivity index (χ2n) is 6.71. The summed E-state index contributed by atoms with van der Waals surface area (Å²) in [6.07, 6.45) is 9.08. The summed E-state index contributed by atoms with van der Waals surface area (Å²) in [6, 6.07) is 9.02. The van der Waals surface area contributed by atoms with Gasteiger partial charge < -0.3 is 5.11 Å². The Kier molecular flexibility index (Phi) is 8.88. The molecule has 0 aromatic heterocycles. The zero-order valence-corrected chi connectivity index (χ0v) is 14.3. The van der Waals surface area contributed by atoms with Crippen molar-refractivity contribution in [1.29, 1.82) is 0 Å². The molecule has 0 saturated heterocycles. The molecule has 0 saturated carbocycles. The minimum atomic E-state index is -0.680. The van der Waals surface area contributed by atoms with Crippen molar-refractivity contribution in [2.45, 2.75) is 71.6 Å². The van der Waals surface area contributed by atoms with E-state index in [9.17, 15) is 4.79 Å². The third-order valence-electron chi connectivity index (χ3n) is 4.01. The largest absolute Gasteiger partial charge is 0.481 e. The SMILES string of the molecule is CC(C)Cc1ccc(C(C)[CH]CCCCCCC(=O)O)cc1. The Balaban J connectivity index is 2.19. The van der Waals surface area contributed by atoms with E-state index in [1.54, 1.807) is 0 Å². The Morgan fingerprint density at radius 2 is 1.68 bits per heavy atom. The van der Waals surface area contributed by atoms with E-state index in [1.165, 1.54) is 11.1 Å². The van der Waals surface area contributed by atoms with Gasteiger partial charge in [0.05, 0.1) is 0 Å². The van der Waals surface area contributed by atoms with Crippen LogP contribution < -0.4 is 0 Å². The van der Waals surface area contributed by atoms with Crippen LogP contribution in [-0.2, 0) is 11.2 Å². The van der Waals surface area contributed by atoms with Gasteiger partial charge in [-0.25, -0.2) is 0 Å². The zero-order chi connectivity index (χ0) is 16.4. The Morgan fingerprint density at radius 3 is 2.27 bits per heavy atom. The van der Waals surface area contributed by atoms with Crippen LogP contribution >= 0.6 is 0 Å². The van der Waals surface area contributed by atoms with Crippen LogP contribution in [0.5, 0.6) is 0 Å². The van der Waals surface area contributed by atoms with Crippen LogP contribution in [0.3, 0.4) is 0 Å². The van der Waals surface area contributed by atoms with Crippen LogP contribution in [0.15, 0.2) is 24.3 Å². The van der Waals surface area contributed by atoms with Gasteiger partial charge in [0.25, 0.3) is 0 Å². The van der Waals surface area contributed by atoms with Gasteiger partial charge in [0, 0.05) is 6.42 Å². The van der Waals surface area contributed by atoms with Gasteiger partial charge in [-0.2, -0.15) is 0 Å². The average Bonchev–Trinajstić information content (AvgIpc) is 2.46. The first-order chi connectivity index (χ1) is 10.5. The molecule has 1 aromatic carbocycles. The summed E-state index contributed by atoms with van der Waals surface area (Å²) < 4.78 is 0. The minimum Gasteiger partial charge on any atom is -0.481 e. The number of carbonyl (C=O) groups is 1. The predicted molar refractivity (Wildman–Crippen MR) is 93.0 cm³/mol. The number of rotatable bonds is 11. The van der Waals surface area contributed by atoms with E-state index in [0.29, 0.717) is 18.3 Å². The fourth-order valence-electron chi connectivity index (χ4n) is 2.71. The molecule has 1 aromatic rings. The number of hydrogen-bond donors (Lipinski definition) is 1. The molecular formula is C20H31O2. The fraction of sp³-hybridized carbons (Fsp3) is 0.600. The number of aliphatic carboxylic acids is 1. The van der Waals surface area contributed by atoms with Gasteiger partial charge in [-0.3, -0.25) is 4.79 Å². The standard InChI is InChI=1S/C20H31O2/c1-16(2)15-18-11-13-19(14-12-18)17(3)9-7-5-4-6-8-10-20(21)22/h9,11-14,16-17H,4-8,10,15H2,1-3H3,(H,21,22). The summed E-state index contributed by atoms with van der Waals surface area (Å²) in [4.78, 5) is 10.4. The highest BCUT2D eigenvalue weighted by Gasteiger charge is 2.06. The van der Waals surface area contributed by atoms with Crippen LogP contribution in [0.2, 0.25) is 0 Å². The van der Waals surface area contributed by atoms with Crippen molar-refractivity contribution in [2.24, 2.45) is 5.92 Å². The van der Waals surface area contributed by atoms with Gasteiger partial charge in [0.15, 0.2) is 0 Å². The molecule has 123 valence electrons. The van der Waals surface area contributed by atoms with Gasteiger partial charge in [0.2, 0.25) is 0 Å². The third-order valence-corrected chi connectivity index (χ3v) is 4.01. The molecule has 0 aliphatic heterocycles. The Hall–Kier alpha value is -1.31.